The van der Waals surface area contributed by atoms with E-state index in [1.54, 1.807) is 12.3 Å². The lowest BCUT2D eigenvalue weighted by atomic mass is 10.2. The van der Waals surface area contributed by atoms with E-state index in [9.17, 15) is 0 Å². The maximum absolute atomic E-state index is 8.70. The molecule has 2 aromatic rings. The second-order valence-electron chi connectivity index (χ2n) is 3.84. The van der Waals surface area contributed by atoms with Gasteiger partial charge in [0.05, 0.1) is 11.3 Å². The highest BCUT2D eigenvalue weighted by Gasteiger charge is 2.02. The quantitative estimate of drug-likeness (QED) is 0.686. The first-order valence-corrected chi connectivity index (χ1v) is 5.67. The largest absolute Gasteiger partial charge is 0.396 e. The van der Waals surface area contributed by atoms with Gasteiger partial charge in [0, 0.05) is 31.6 Å². The second-order valence-corrected chi connectivity index (χ2v) is 3.84. The number of nitriles is 1. The molecule has 0 aromatic carbocycles. The van der Waals surface area contributed by atoms with Crippen LogP contribution in [0.1, 0.15) is 17.8 Å². The first kappa shape index (κ1) is 11.9. The average Bonchev–Trinajstić information content (AvgIpc) is 2.89. The maximum Gasteiger partial charge on any atom is 0.149 e. The second kappa shape index (κ2) is 5.68. The first-order valence-electron chi connectivity index (χ1n) is 5.67. The lowest BCUT2D eigenvalue weighted by molar-refractivity contribution is 0.814. The van der Waals surface area contributed by atoms with Crippen LogP contribution < -0.4 is 11.1 Å². The molecule has 0 spiro atoms. The Kier molecular flexibility index (Phi) is 3.76. The van der Waals surface area contributed by atoms with Crippen molar-refractivity contribution in [2.24, 2.45) is 0 Å². The Labute approximate surface area is 105 Å². The maximum atomic E-state index is 8.70. The van der Waals surface area contributed by atoms with Crippen LogP contribution in [0.2, 0.25) is 0 Å². The number of H-pyrrole nitrogens is 1. The number of nitrogen functional groups attached to an aromatic ring is 1. The SMILES string of the molecule is N#Cc1cnc(NCCCc2ncc[nH]2)c(N)c1. The molecule has 2 rings (SSSR count). The highest BCUT2D eigenvalue weighted by molar-refractivity contribution is 5.62. The van der Waals surface area contributed by atoms with Gasteiger partial charge in [0.15, 0.2) is 0 Å². The van der Waals surface area contributed by atoms with Crippen LogP contribution in [-0.4, -0.2) is 21.5 Å². The number of anilines is 2. The van der Waals surface area contributed by atoms with E-state index >= 15 is 0 Å². The summed E-state index contributed by atoms with van der Waals surface area (Å²) in [7, 11) is 0. The molecule has 2 heterocycles. The third kappa shape index (κ3) is 2.98. The summed E-state index contributed by atoms with van der Waals surface area (Å²) in [5.74, 6) is 1.59. The van der Waals surface area contributed by atoms with Crippen molar-refractivity contribution >= 4 is 11.5 Å². The van der Waals surface area contributed by atoms with E-state index in [2.05, 4.69) is 20.3 Å². The van der Waals surface area contributed by atoms with E-state index in [1.165, 1.54) is 6.20 Å². The van der Waals surface area contributed by atoms with Gasteiger partial charge in [0.25, 0.3) is 0 Å². The van der Waals surface area contributed by atoms with Crippen LogP contribution in [-0.2, 0) is 6.42 Å². The summed E-state index contributed by atoms with van der Waals surface area (Å²) < 4.78 is 0. The molecule has 0 aliphatic heterocycles. The number of pyridine rings is 1. The fourth-order valence-electron chi connectivity index (χ4n) is 1.59. The number of aromatic amines is 1. The normalized spacial score (nSPS) is 9.94. The topological polar surface area (TPSA) is 103 Å². The molecule has 2 aromatic heterocycles. The van der Waals surface area contributed by atoms with Gasteiger partial charge in [-0.1, -0.05) is 0 Å². The van der Waals surface area contributed by atoms with E-state index in [0.717, 1.165) is 25.2 Å². The zero-order valence-electron chi connectivity index (χ0n) is 9.85. The molecule has 0 aliphatic rings. The van der Waals surface area contributed by atoms with Crippen LogP contribution >= 0.6 is 0 Å². The monoisotopic (exact) mass is 242 g/mol. The Hall–Kier alpha value is -2.55. The number of aryl methyl sites for hydroxylation is 1. The number of aromatic nitrogens is 3. The summed E-state index contributed by atoms with van der Waals surface area (Å²) in [6, 6.07) is 3.61. The Morgan fingerprint density at radius 1 is 1.44 bits per heavy atom. The Morgan fingerprint density at radius 2 is 2.33 bits per heavy atom. The van der Waals surface area contributed by atoms with Gasteiger partial charge in [0.1, 0.15) is 17.7 Å². The molecular formula is C12H14N6. The number of imidazole rings is 1. The summed E-state index contributed by atoms with van der Waals surface area (Å²) in [6.07, 6.45) is 6.85. The minimum Gasteiger partial charge on any atom is -0.396 e. The minimum atomic E-state index is 0.466. The van der Waals surface area contributed by atoms with Crippen molar-refractivity contribution < 1.29 is 0 Å². The summed E-state index contributed by atoms with van der Waals surface area (Å²) in [5, 5.41) is 11.8. The van der Waals surface area contributed by atoms with Crippen molar-refractivity contribution in [3.8, 4) is 6.07 Å². The molecule has 4 N–H and O–H groups in total. The third-order valence-electron chi connectivity index (χ3n) is 2.48. The molecule has 0 atom stereocenters. The van der Waals surface area contributed by atoms with Gasteiger partial charge in [0.2, 0.25) is 0 Å². The van der Waals surface area contributed by atoms with Crippen LogP contribution in [0.4, 0.5) is 11.5 Å². The van der Waals surface area contributed by atoms with Crippen molar-refractivity contribution in [2.75, 3.05) is 17.6 Å². The number of nitrogens with one attached hydrogen (secondary N) is 2. The summed E-state index contributed by atoms with van der Waals surface area (Å²) >= 11 is 0. The molecule has 0 saturated heterocycles. The molecule has 6 nitrogen and oxygen atoms in total. The van der Waals surface area contributed by atoms with Gasteiger partial charge in [-0.2, -0.15) is 5.26 Å². The Morgan fingerprint density at radius 3 is 3.00 bits per heavy atom. The molecule has 0 fully saturated rings. The van der Waals surface area contributed by atoms with Crippen molar-refractivity contribution in [1.29, 1.82) is 5.26 Å². The van der Waals surface area contributed by atoms with Gasteiger partial charge >= 0.3 is 0 Å². The van der Waals surface area contributed by atoms with Gasteiger partial charge in [-0.15, -0.1) is 0 Å². The zero-order valence-corrected chi connectivity index (χ0v) is 9.85. The zero-order chi connectivity index (χ0) is 12.8. The van der Waals surface area contributed by atoms with Crippen molar-refractivity contribution in [1.82, 2.24) is 15.0 Å². The summed E-state index contributed by atoms with van der Waals surface area (Å²) in [6.45, 7) is 0.754. The van der Waals surface area contributed by atoms with E-state index in [4.69, 9.17) is 11.0 Å². The van der Waals surface area contributed by atoms with Crippen LogP contribution in [0.3, 0.4) is 0 Å². The number of nitrogens with two attached hydrogens (primary N) is 1. The van der Waals surface area contributed by atoms with Gasteiger partial charge in [-0.3, -0.25) is 0 Å². The molecule has 0 radical (unpaired) electrons. The van der Waals surface area contributed by atoms with Gasteiger partial charge < -0.3 is 16.0 Å². The number of rotatable bonds is 5. The fourth-order valence-corrected chi connectivity index (χ4v) is 1.59. The smallest absolute Gasteiger partial charge is 0.149 e. The predicted molar refractivity (Wildman–Crippen MR) is 68.8 cm³/mol. The highest BCUT2D eigenvalue weighted by Crippen LogP contribution is 2.15. The van der Waals surface area contributed by atoms with E-state index < -0.39 is 0 Å². The van der Waals surface area contributed by atoms with Crippen LogP contribution in [0, 0.1) is 11.3 Å². The van der Waals surface area contributed by atoms with Crippen molar-refractivity contribution in [3.63, 3.8) is 0 Å². The first-order chi connectivity index (χ1) is 8.79. The van der Waals surface area contributed by atoms with Crippen LogP contribution in [0.5, 0.6) is 0 Å². The standard InChI is InChI=1S/C12H14N6/c13-7-9-6-10(14)12(18-8-9)17-3-1-2-11-15-4-5-16-11/h4-6,8H,1-3,14H2,(H,15,16)(H,17,18). The predicted octanol–water partition coefficient (Wildman–Crippen LogP) is 1.30. The number of hydrogen-bond acceptors (Lipinski definition) is 5. The molecule has 0 unspecified atom stereocenters. The molecule has 0 amide bonds. The summed E-state index contributed by atoms with van der Waals surface area (Å²) in [5.41, 5.74) is 6.74. The average molecular weight is 242 g/mol. The molecule has 92 valence electrons. The molecule has 0 saturated carbocycles. The Balaban J connectivity index is 1.82. The van der Waals surface area contributed by atoms with Gasteiger partial charge in [-0.05, 0) is 12.5 Å². The molecule has 0 bridgehead atoms. The van der Waals surface area contributed by atoms with Crippen LogP contribution in [0.25, 0.3) is 0 Å². The van der Waals surface area contributed by atoms with Crippen molar-refractivity contribution in [3.05, 3.63) is 36.0 Å². The number of hydrogen-bond donors (Lipinski definition) is 3. The van der Waals surface area contributed by atoms with E-state index in [1.807, 2.05) is 12.3 Å². The minimum absolute atomic E-state index is 0.466. The third-order valence-corrected chi connectivity index (χ3v) is 2.48. The van der Waals surface area contributed by atoms with Gasteiger partial charge in [-0.25, -0.2) is 9.97 Å². The summed E-state index contributed by atoms with van der Waals surface area (Å²) in [4.78, 5) is 11.3. The lowest BCUT2D eigenvalue weighted by Gasteiger charge is -2.07. The molecule has 0 aliphatic carbocycles. The fraction of sp³-hybridized carbons (Fsp3) is 0.250. The highest BCUT2D eigenvalue weighted by atomic mass is 15.0. The lowest BCUT2D eigenvalue weighted by Crippen LogP contribution is -2.07. The van der Waals surface area contributed by atoms with Crippen molar-refractivity contribution in [2.45, 2.75) is 12.8 Å². The molecule has 18 heavy (non-hydrogen) atoms. The Bertz CT molecular complexity index is 540. The van der Waals surface area contributed by atoms with Crippen LogP contribution in [0.15, 0.2) is 24.7 Å². The van der Waals surface area contributed by atoms with E-state index in [0.29, 0.717) is 17.1 Å². The van der Waals surface area contributed by atoms with E-state index in [-0.39, 0.29) is 0 Å². The molecule has 6 heteroatoms. The number of nitrogens with zero attached hydrogens (tertiary/aromatic N) is 3. The molecular weight excluding hydrogens is 228 g/mol.